The maximum Gasteiger partial charge on any atom is 0.407 e. The van der Waals surface area contributed by atoms with Gasteiger partial charge < -0.3 is 25.0 Å². The average molecular weight is 674 g/mol. The lowest BCUT2D eigenvalue weighted by Gasteiger charge is -2.36. The van der Waals surface area contributed by atoms with Gasteiger partial charge in [0.2, 0.25) is 0 Å². The molecule has 2 amide bonds. The molecule has 0 spiro atoms. The van der Waals surface area contributed by atoms with Gasteiger partial charge in [-0.15, -0.1) is 0 Å². The molecule has 3 unspecified atom stereocenters. The van der Waals surface area contributed by atoms with E-state index in [2.05, 4.69) is 20.6 Å². The number of aromatic nitrogens is 2. The fourth-order valence-electron chi connectivity index (χ4n) is 5.85. The van der Waals surface area contributed by atoms with E-state index in [9.17, 15) is 31.8 Å². The molecule has 3 aromatic rings. The van der Waals surface area contributed by atoms with Crippen LogP contribution >= 0.6 is 0 Å². The molecule has 3 atom stereocenters. The highest BCUT2D eigenvalue weighted by Crippen LogP contribution is 2.43. The predicted molar refractivity (Wildman–Crippen MR) is 167 cm³/mol. The van der Waals surface area contributed by atoms with Gasteiger partial charge >= 0.3 is 12.1 Å². The quantitative estimate of drug-likeness (QED) is 0.309. The van der Waals surface area contributed by atoms with Crippen LogP contribution in [0.2, 0.25) is 0 Å². The lowest BCUT2D eigenvalue weighted by molar-refractivity contribution is -0.146. The molecule has 3 heterocycles. The van der Waals surface area contributed by atoms with E-state index in [4.69, 9.17) is 9.47 Å². The first-order valence-electron chi connectivity index (χ1n) is 15.0. The first-order chi connectivity index (χ1) is 22.3. The molecule has 0 saturated carbocycles. The molecule has 11 nitrogen and oxygen atoms in total. The van der Waals surface area contributed by atoms with Crippen molar-refractivity contribution < 1.29 is 41.2 Å². The van der Waals surface area contributed by atoms with Gasteiger partial charge in [-0.1, -0.05) is 0 Å². The van der Waals surface area contributed by atoms with Crippen molar-refractivity contribution in [2.24, 2.45) is 0 Å². The van der Waals surface area contributed by atoms with E-state index in [0.29, 0.717) is 50.2 Å². The molecule has 47 heavy (non-hydrogen) atoms. The lowest BCUT2D eigenvalue weighted by atomic mass is 10.0. The number of nitrogens with zero attached hydrogens (tertiary/aromatic N) is 3. The highest BCUT2D eigenvalue weighted by Gasteiger charge is 2.34. The molecule has 0 radical (unpaired) electrons. The van der Waals surface area contributed by atoms with E-state index in [0.717, 1.165) is 29.8 Å². The summed E-state index contributed by atoms with van der Waals surface area (Å²) < 4.78 is 67.2. The Morgan fingerprint density at radius 3 is 2.47 bits per heavy atom. The average Bonchev–Trinajstić information content (AvgIpc) is 3.38. The Kier molecular flexibility index (Phi) is 10.1. The zero-order valence-electron chi connectivity index (χ0n) is 26.2. The third kappa shape index (κ3) is 7.56. The van der Waals surface area contributed by atoms with E-state index in [1.54, 1.807) is 13.8 Å². The third-order valence-corrected chi connectivity index (χ3v) is 8.67. The standard InChI is InChI=1S/C32H34F3N5O6S/c1-16(2)45-32(43)37-18-6-5-11-40(15-18)30-20-7-10-26(46-17(3)41)28(20)36-14-25(30)39-31(42)24-9-8-21(33)29(38-24)27-22(34)12-19(47(4)44)13-23(27)35/h8-9,12-14,16,18,26H,5-7,10-11,15H2,1-4H3,(H,37,43)(H,39,42). The number of anilines is 2. The van der Waals surface area contributed by atoms with Crippen LogP contribution < -0.4 is 15.5 Å². The van der Waals surface area contributed by atoms with Gasteiger partial charge in [0.25, 0.3) is 5.91 Å². The number of halogens is 3. The van der Waals surface area contributed by atoms with E-state index >= 15 is 0 Å². The maximum absolute atomic E-state index is 14.9. The number of carbonyl (C=O) groups excluding carboxylic acids is 3. The van der Waals surface area contributed by atoms with E-state index in [1.165, 1.54) is 19.4 Å². The molecule has 1 fully saturated rings. The number of rotatable bonds is 8. The number of piperidine rings is 1. The minimum absolute atomic E-state index is 0.127. The van der Waals surface area contributed by atoms with Gasteiger partial charge in [0, 0.05) is 53.6 Å². The first-order valence-corrected chi connectivity index (χ1v) is 16.6. The zero-order chi connectivity index (χ0) is 34.0. The van der Waals surface area contributed by atoms with Crippen molar-refractivity contribution in [2.75, 3.05) is 29.6 Å². The molecule has 0 bridgehead atoms. The van der Waals surface area contributed by atoms with E-state index < -0.39 is 63.6 Å². The molecular weight excluding hydrogens is 639 g/mol. The minimum Gasteiger partial charge on any atom is -0.456 e. The number of fused-ring (bicyclic) bond motifs is 1. The number of esters is 1. The van der Waals surface area contributed by atoms with Gasteiger partial charge in [-0.25, -0.2) is 22.9 Å². The van der Waals surface area contributed by atoms with Crippen molar-refractivity contribution in [1.29, 1.82) is 0 Å². The first kappa shape index (κ1) is 33.8. The fraction of sp³-hybridized carbons (Fsp3) is 0.406. The molecule has 2 aliphatic rings. The highest BCUT2D eigenvalue weighted by molar-refractivity contribution is 7.84. The molecule has 2 aromatic heterocycles. The van der Waals surface area contributed by atoms with Gasteiger partial charge in [-0.2, -0.15) is 0 Å². The fourth-order valence-corrected chi connectivity index (χ4v) is 6.38. The number of hydrogen-bond acceptors (Lipinski definition) is 9. The summed E-state index contributed by atoms with van der Waals surface area (Å²) in [5.74, 6) is -4.69. The number of nitrogens with one attached hydrogen (secondary N) is 2. The summed E-state index contributed by atoms with van der Waals surface area (Å²) in [5.41, 5.74) is 0.340. The number of ether oxygens (including phenoxy) is 2. The van der Waals surface area contributed by atoms with Crippen LogP contribution in [0.4, 0.5) is 29.3 Å². The predicted octanol–water partition coefficient (Wildman–Crippen LogP) is 5.20. The maximum atomic E-state index is 14.9. The van der Waals surface area contributed by atoms with Crippen LogP contribution in [-0.4, -0.2) is 63.6 Å². The second-order valence-corrected chi connectivity index (χ2v) is 13.0. The molecular formula is C32H34F3N5O6S. The molecule has 2 N–H and O–H groups in total. The summed E-state index contributed by atoms with van der Waals surface area (Å²) in [6.45, 7) is 5.76. The minimum atomic E-state index is -1.69. The molecule has 1 aliphatic heterocycles. The second kappa shape index (κ2) is 14.1. The number of amides is 2. The SMILES string of the molecule is CC(=O)OC1CCc2c1ncc(NC(=O)c1ccc(F)c(-c3c(F)cc(S(C)=O)cc3F)n1)c2N1CCCC(NC(=O)OC(C)C)C1. The van der Waals surface area contributed by atoms with Crippen LogP contribution in [0.5, 0.6) is 0 Å². The van der Waals surface area contributed by atoms with Crippen LogP contribution in [0.1, 0.15) is 67.9 Å². The van der Waals surface area contributed by atoms with Gasteiger partial charge in [0.15, 0.2) is 0 Å². The van der Waals surface area contributed by atoms with Crippen molar-refractivity contribution in [3.05, 3.63) is 64.9 Å². The molecule has 15 heteroatoms. The number of alkyl carbamates (subject to hydrolysis) is 1. The van der Waals surface area contributed by atoms with Crippen molar-refractivity contribution in [1.82, 2.24) is 15.3 Å². The Bertz CT molecular complexity index is 1730. The topological polar surface area (TPSA) is 140 Å². The van der Waals surface area contributed by atoms with Gasteiger partial charge in [0.05, 0.1) is 34.9 Å². The Morgan fingerprint density at radius 1 is 1.09 bits per heavy atom. The summed E-state index contributed by atoms with van der Waals surface area (Å²) in [7, 11) is -1.69. The third-order valence-electron chi connectivity index (χ3n) is 7.77. The summed E-state index contributed by atoms with van der Waals surface area (Å²) >= 11 is 0. The molecule has 250 valence electrons. The number of hydrogen-bond donors (Lipinski definition) is 2. The van der Waals surface area contributed by atoms with Gasteiger partial charge in [-0.05, 0) is 63.8 Å². The van der Waals surface area contributed by atoms with Crippen LogP contribution in [0.15, 0.2) is 35.4 Å². The number of carbonyl (C=O) groups is 3. The summed E-state index contributed by atoms with van der Waals surface area (Å²) in [4.78, 5) is 48.0. The van der Waals surface area contributed by atoms with Crippen LogP contribution in [0.3, 0.4) is 0 Å². The Balaban J connectivity index is 1.48. The summed E-state index contributed by atoms with van der Waals surface area (Å²) in [6.07, 6.45) is 3.61. The lowest BCUT2D eigenvalue weighted by Crippen LogP contribution is -2.48. The molecule has 1 aliphatic carbocycles. The van der Waals surface area contributed by atoms with Crippen molar-refractivity contribution >= 4 is 40.1 Å². The zero-order valence-corrected chi connectivity index (χ0v) is 27.0. The van der Waals surface area contributed by atoms with Crippen molar-refractivity contribution in [2.45, 2.75) is 69.6 Å². The van der Waals surface area contributed by atoms with E-state index in [-0.39, 0.29) is 28.4 Å². The van der Waals surface area contributed by atoms with E-state index in [1.807, 2.05) is 4.90 Å². The Hall–Kier alpha value is -4.53. The summed E-state index contributed by atoms with van der Waals surface area (Å²) in [5, 5.41) is 5.65. The number of benzene rings is 1. The van der Waals surface area contributed by atoms with Crippen LogP contribution in [0, 0.1) is 17.5 Å². The van der Waals surface area contributed by atoms with Crippen molar-refractivity contribution in [3.8, 4) is 11.3 Å². The summed E-state index contributed by atoms with van der Waals surface area (Å²) in [6, 6.07) is 3.35. The van der Waals surface area contributed by atoms with Crippen LogP contribution in [-0.2, 0) is 31.5 Å². The molecule has 1 aromatic carbocycles. The Labute approximate surface area is 271 Å². The largest absolute Gasteiger partial charge is 0.456 e. The Morgan fingerprint density at radius 2 is 1.81 bits per heavy atom. The number of pyridine rings is 2. The molecule has 1 saturated heterocycles. The van der Waals surface area contributed by atoms with Crippen LogP contribution in [0.25, 0.3) is 11.3 Å². The monoisotopic (exact) mass is 673 g/mol. The van der Waals surface area contributed by atoms with Crippen molar-refractivity contribution in [3.63, 3.8) is 0 Å². The molecule has 5 rings (SSSR count). The smallest absolute Gasteiger partial charge is 0.407 e. The van der Waals surface area contributed by atoms with Gasteiger partial charge in [0.1, 0.15) is 34.9 Å². The highest BCUT2D eigenvalue weighted by atomic mass is 32.2. The van der Waals surface area contributed by atoms with Gasteiger partial charge in [-0.3, -0.25) is 18.8 Å². The second-order valence-electron chi connectivity index (χ2n) is 11.6. The normalized spacial score (nSPS) is 18.0.